The summed E-state index contributed by atoms with van der Waals surface area (Å²) in [7, 11) is 0. The Bertz CT molecular complexity index is 1750. The number of hydrogen-bond acceptors (Lipinski definition) is 5. The highest BCUT2D eigenvalue weighted by molar-refractivity contribution is 6.55. The molecule has 5 rings (SSSR count). The summed E-state index contributed by atoms with van der Waals surface area (Å²) in [4.78, 5) is 31.6. The monoisotopic (exact) mass is 671 g/mol. The van der Waals surface area contributed by atoms with Crippen molar-refractivity contribution in [3.63, 3.8) is 0 Å². The standard InChI is InChI=1S/C35H33Cl4NO4/c1-34(2,3)19-15-17(16-20(31(19)41)35(4,5)6)9-8-14-44-22-11-7-10-18-12-13-21(40-30(18)22)23-32(42)24-25(33(23)43)27(37)29(39)28(38)26(24)36/h7,10-13,15-16,23,41H,8-9,14H2,1-6H3. The van der Waals surface area contributed by atoms with E-state index in [1.54, 1.807) is 12.1 Å². The molecule has 3 aromatic carbocycles. The lowest BCUT2D eigenvalue weighted by Gasteiger charge is -2.28. The highest BCUT2D eigenvalue weighted by Crippen LogP contribution is 2.48. The number of rotatable bonds is 6. The van der Waals surface area contributed by atoms with Gasteiger partial charge in [-0.1, -0.05) is 118 Å². The van der Waals surface area contributed by atoms with Gasteiger partial charge in [0.15, 0.2) is 11.6 Å². The van der Waals surface area contributed by atoms with Gasteiger partial charge in [-0.05, 0) is 52.5 Å². The Kier molecular flexibility index (Phi) is 8.76. The predicted octanol–water partition coefficient (Wildman–Crippen LogP) is 10.3. The lowest BCUT2D eigenvalue weighted by molar-refractivity contribution is 0.0888. The number of nitrogens with zero attached hydrogens (tertiary/aromatic N) is 1. The van der Waals surface area contributed by atoms with E-state index in [1.165, 1.54) is 0 Å². The van der Waals surface area contributed by atoms with E-state index in [0.29, 0.717) is 23.6 Å². The molecule has 44 heavy (non-hydrogen) atoms. The molecule has 0 fully saturated rings. The summed E-state index contributed by atoms with van der Waals surface area (Å²) in [5.74, 6) is -1.38. The molecule has 0 unspecified atom stereocenters. The topological polar surface area (TPSA) is 76.5 Å². The van der Waals surface area contributed by atoms with Crippen LogP contribution in [0.1, 0.15) is 97.0 Å². The van der Waals surface area contributed by atoms with E-state index in [4.69, 9.17) is 56.1 Å². The second kappa shape index (κ2) is 11.8. The van der Waals surface area contributed by atoms with Crippen molar-refractivity contribution in [2.24, 2.45) is 0 Å². The van der Waals surface area contributed by atoms with Gasteiger partial charge >= 0.3 is 0 Å². The van der Waals surface area contributed by atoms with Gasteiger partial charge in [0.2, 0.25) is 0 Å². The second-order valence-corrected chi connectivity index (χ2v) is 14.7. The molecule has 1 aliphatic rings. The number of carbonyl (C=O) groups is 2. The molecule has 0 radical (unpaired) electrons. The number of ketones is 2. The zero-order chi connectivity index (χ0) is 32.3. The number of Topliss-reactive ketones (excluding diaryl/α,β-unsaturated/α-hetero) is 2. The first-order valence-electron chi connectivity index (χ1n) is 14.4. The van der Waals surface area contributed by atoms with Gasteiger partial charge in [0.25, 0.3) is 0 Å². The van der Waals surface area contributed by atoms with Crippen LogP contribution in [0.3, 0.4) is 0 Å². The number of pyridine rings is 1. The van der Waals surface area contributed by atoms with Crippen molar-refractivity contribution in [1.29, 1.82) is 0 Å². The second-order valence-electron chi connectivity index (χ2n) is 13.2. The SMILES string of the molecule is CC(C)(C)c1cc(CCCOc2cccc3ccc(C4C(=O)c5c(Cl)c(Cl)c(Cl)c(Cl)c5C4=O)nc23)cc(C(C)(C)C)c1O. The van der Waals surface area contributed by atoms with Crippen LogP contribution in [0, 0.1) is 0 Å². The third kappa shape index (κ3) is 5.80. The van der Waals surface area contributed by atoms with E-state index >= 15 is 0 Å². The first-order valence-corrected chi connectivity index (χ1v) is 15.9. The van der Waals surface area contributed by atoms with Gasteiger partial charge in [-0.25, -0.2) is 4.98 Å². The molecule has 1 aromatic heterocycles. The third-order valence-corrected chi connectivity index (χ3v) is 9.74. The van der Waals surface area contributed by atoms with Gasteiger partial charge in [0.05, 0.1) is 43.5 Å². The molecule has 9 heteroatoms. The molecule has 0 amide bonds. The Balaban J connectivity index is 1.39. The molecule has 4 aromatic rings. The number of carbonyl (C=O) groups excluding carboxylic acids is 2. The van der Waals surface area contributed by atoms with E-state index in [-0.39, 0.29) is 47.7 Å². The summed E-state index contributed by atoms with van der Waals surface area (Å²) in [6.45, 7) is 13.0. The lowest BCUT2D eigenvalue weighted by Crippen LogP contribution is -2.18. The molecule has 230 valence electrons. The summed E-state index contributed by atoms with van der Waals surface area (Å²) in [5.41, 5.74) is 3.29. The third-order valence-electron chi connectivity index (χ3n) is 7.94. The molecule has 0 spiro atoms. The number of hydrogen-bond donors (Lipinski definition) is 1. The molecule has 1 N–H and O–H groups in total. The number of fused-ring (bicyclic) bond motifs is 2. The lowest BCUT2D eigenvalue weighted by atomic mass is 9.78. The zero-order valence-corrected chi connectivity index (χ0v) is 28.4. The number of phenols is 1. The van der Waals surface area contributed by atoms with Crippen LogP contribution in [0.5, 0.6) is 11.5 Å². The smallest absolute Gasteiger partial charge is 0.182 e. The first kappa shape index (κ1) is 32.6. The van der Waals surface area contributed by atoms with Crippen LogP contribution in [-0.4, -0.2) is 28.3 Å². The summed E-state index contributed by atoms with van der Waals surface area (Å²) < 4.78 is 6.20. The number of ether oxygens (including phenoxy) is 1. The summed E-state index contributed by atoms with van der Waals surface area (Å²) in [6.07, 6.45) is 1.48. The van der Waals surface area contributed by atoms with Crippen LogP contribution in [0.2, 0.25) is 20.1 Å². The van der Waals surface area contributed by atoms with Crippen molar-refractivity contribution in [2.75, 3.05) is 6.61 Å². The van der Waals surface area contributed by atoms with Crippen LogP contribution >= 0.6 is 46.4 Å². The fourth-order valence-electron chi connectivity index (χ4n) is 5.62. The van der Waals surface area contributed by atoms with E-state index in [2.05, 4.69) is 53.7 Å². The molecular formula is C35H33Cl4NO4. The Labute approximate surface area is 277 Å². The molecule has 0 aliphatic heterocycles. The number of aromatic hydroxyl groups is 1. The van der Waals surface area contributed by atoms with Crippen LogP contribution in [0.25, 0.3) is 10.9 Å². The number of aromatic nitrogens is 1. The minimum absolute atomic E-state index is 0.0361. The number of para-hydroxylation sites is 1. The maximum Gasteiger partial charge on any atom is 0.182 e. The van der Waals surface area contributed by atoms with E-state index < -0.39 is 17.5 Å². The molecule has 0 saturated heterocycles. The first-order chi connectivity index (χ1) is 20.5. The Hall–Kier alpha value is -2.83. The Morgan fingerprint density at radius 3 is 1.86 bits per heavy atom. The number of benzene rings is 3. The maximum absolute atomic E-state index is 13.5. The van der Waals surface area contributed by atoms with Crippen LogP contribution < -0.4 is 4.74 Å². The fraction of sp³-hybridized carbons (Fsp3) is 0.343. The quantitative estimate of drug-likeness (QED) is 0.0954. The van der Waals surface area contributed by atoms with E-state index in [1.807, 2.05) is 18.2 Å². The summed E-state index contributed by atoms with van der Waals surface area (Å²) in [5, 5.41) is 11.5. The highest BCUT2D eigenvalue weighted by atomic mass is 35.5. The molecule has 5 nitrogen and oxygen atoms in total. The van der Waals surface area contributed by atoms with Crippen molar-refractivity contribution in [3.05, 3.63) is 96.1 Å². The predicted molar refractivity (Wildman–Crippen MR) is 179 cm³/mol. The van der Waals surface area contributed by atoms with Crippen molar-refractivity contribution < 1.29 is 19.4 Å². The fourth-order valence-corrected chi connectivity index (χ4v) is 6.66. The molecule has 0 atom stereocenters. The molecule has 1 aliphatic carbocycles. The van der Waals surface area contributed by atoms with Crippen molar-refractivity contribution in [2.45, 2.75) is 71.1 Å². The maximum atomic E-state index is 13.5. The van der Waals surface area contributed by atoms with Crippen LogP contribution in [0.4, 0.5) is 0 Å². The minimum Gasteiger partial charge on any atom is -0.507 e. The highest BCUT2D eigenvalue weighted by Gasteiger charge is 2.45. The summed E-state index contributed by atoms with van der Waals surface area (Å²) in [6, 6.07) is 13.2. The van der Waals surface area contributed by atoms with Gasteiger partial charge in [0, 0.05) is 5.39 Å². The van der Waals surface area contributed by atoms with E-state index in [9.17, 15) is 14.7 Å². The van der Waals surface area contributed by atoms with Crippen molar-refractivity contribution in [3.8, 4) is 11.5 Å². The number of halogens is 4. The minimum atomic E-state index is -1.23. The average Bonchev–Trinajstić information content (AvgIpc) is 3.21. The molecule has 0 bridgehead atoms. The van der Waals surface area contributed by atoms with Gasteiger partial charge in [-0.3, -0.25) is 9.59 Å². The van der Waals surface area contributed by atoms with Crippen LogP contribution in [-0.2, 0) is 17.3 Å². The van der Waals surface area contributed by atoms with Gasteiger partial charge in [0.1, 0.15) is 22.9 Å². The largest absolute Gasteiger partial charge is 0.507 e. The average molecular weight is 673 g/mol. The van der Waals surface area contributed by atoms with Crippen molar-refractivity contribution in [1.82, 2.24) is 4.98 Å². The molecule has 0 saturated carbocycles. The van der Waals surface area contributed by atoms with E-state index in [0.717, 1.165) is 34.9 Å². The Morgan fingerprint density at radius 1 is 0.795 bits per heavy atom. The zero-order valence-electron chi connectivity index (χ0n) is 25.4. The van der Waals surface area contributed by atoms with Gasteiger partial charge in [-0.15, -0.1) is 0 Å². The Morgan fingerprint density at radius 2 is 1.34 bits per heavy atom. The normalized spacial score (nSPS) is 14.0. The van der Waals surface area contributed by atoms with Gasteiger partial charge < -0.3 is 9.84 Å². The van der Waals surface area contributed by atoms with Crippen LogP contribution in [0.15, 0.2) is 42.5 Å². The number of phenolic OH excluding ortho intramolecular Hbond substituents is 1. The number of aryl methyl sites for hydroxylation is 1. The molecular weight excluding hydrogens is 640 g/mol. The summed E-state index contributed by atoms with van der Waals surface area (Å²) >= 11 is 25.0. The molecule has 1 heterocycles. The van der Waals surface area contributed by atoms with Gasteiger partial charge in [-0.2, -0.15) is 0 Å². The van der Waals surface area contributed by atoms with Crippen molar-refractivity contribution >= 4 is 68.9 Å².